The minimum Gasteiger partial charge on any atom is -0.340 e. The number of aromatic nitrogens is 2. The lowest BCUT2D eigenvalue weighted by Crippen LogP contribution is -2.46. The molecular formula is C26H34IN7O2S. The van der Waals surface area contributed by atoms with Gasteiger partial charge in [-0.25, -0.2) is 9.71 Å². The Morgan fingerprint density at radius 2 is 1.76 bits per heavy atom. The lowest BCUT2D eigenvalue weighted by Gasteiger charge is -2.29. The van der Waals surface area contributed by atoms with Crippen LogP contribution in [0.2, 0.25) is 0 Å². The molecule has 0 unspecified atom stereocenters. The Bertz CT molecular complexity index is 1310. The minimum absolute atomic E-state index is 0.0436. The largest absolute Gasteiger partial charge is 0.340 e. The van der Waals surface area contributed by atoms with E-state index in [0.717, 1.165) is 48.0 Å². The van der Waals surface area contributed by atoms with Gasteiger partial charge >= 0.3 is 0 Å². The first kappa shape index (κ1) is 27.4. The maximum atomic E-state index is 13.3. The molecule has 4 N–H and O–H groups in total. The SMILES string of the molecule is Cc1cnc(Nc2ccc(C(=O)N3CCNCC3)cc2)nc1Nc1cccc([SH](=O)(I)NC(C)(C)C)c1. The molecule has 4 rings (SSSR count). The van der Waals surface area contributed by atoms with E-state index >= 15 is 0 Å². The molecule has 0 bridgehead atoms. The molecule has 1 aromatic heterocycles. The highest BCUT2D eigenvalue weighted by molar-refractivity contribution is 14.2. The van der Waals surface area contributed by atoms with E-state index in [2.05, 4.69) is 30.6 Å². The van der Waals surface area contributed by atoms with E-state index < -0.39 is 7.29 Å². The Balaban J connectivity index is 1.46. The minimum atomic E-state index is -2.78. The molecule has 0 atom stereocenters. The highest BCUT2D eigenvalue weighted by atomic mass is 127. The van der Waals surface area contributed by atoms with Gasteiger partial charge in [0, 0.05) is 93.8 Å². The van der Waals surface area contributed by atoms with Crippen LogP contribution < -0.4 is 20.7 Å². The highest BCUT2D eigenvalue weighted by Gasteiger charge is 2.21. The number of amides is 1. The molecule has 0 radical (unpaired) electrons. The lowest BCUT2D eigenvalue weighted by atomic mass is 10.1. The quantitative estimate of drug-likeness (QED) is 0.149. The Morgan fingerprint density at radius 3 is 2.43 bits per heavy atom. The number of thiol groups is 1. The van der Waals surface area contributed by atoms with Crippen LogP contribution in [0.25, 0.3) is 0 Å². The fourth-order valence-electron chi connectivity index (χ4n) is 3.90. The monoisotopic (exact) mass is 635 g/mol. The number of rotatable bonds is 7. The van der Waals surface area contributed by atoms with Crippen LogP contribution in [0.4, 0.5) is 23.1 Å². The van der Waals surface area contributed by atoms with Crippen LogP contribution in [0.15, 0.2) is 59.6 Å². The maximum absolute atomic E-state index is 13.3. The number of halogens is 1. The normalized spacial score (nSPS) is 14.8. The molecular weight excluding hydrogens is 601 g/mol. The number of piperazine rings is 1. The summed E-state index contributed by atoms with van der Waals surface area (Å²) in [4.78, 5) is 24.3. The zero-order chi connectivity index (χ0) is 26.6. The summed E-state index contributed by atoms with van der Waals surface area (Å²) in [6, 6.07) is 14.9. The molecule has 1 aliphatic rings. The van der Waals surface area contributed by atoms with Crippen LogP contribution in [0.3, 0.4) is 0 Å². The van der Waals surface area contributed by atoms with Crippen molar-refractivity contribution in [2.75, 3.05) is 36.8 Å². The van der Waals surface area contributed by atoms with Crippen molar-refractivity contribution < 1.29 is 9.00 Å². The van der Waals surface area contributed by atoms with Gasteiger partial charge in [0.15, 0.2) is 0 Å². The van der Waals surface area contributed by atoms with Crippen molar-refractivity contribution in [1.29, 1.82) is 0 Å². The molecule has 3 aromatic rings. The van der Waals surface area contributed by atoms with Crippen molar-refractivity contribution in [3.8, 4) is 0 Å². The van der Waals surface area contributed by atoms with E-state index in [1.165, 1.54) is 0 Å². The van der Waals surface area contributed by atoms with Gasteiger partial charge in [0.1, 0.15) is 5.82 Å². The molecule has 2 aromatic carbocycles. The average Bonchev–Trinajstić information content (AvgIpc) is 2.85. The molecule has 0 saturated carbocycles. The number of nitrogens with one attached hydrogen (secondary N) is 4. The Kier molecular flexibility index (Phi) is 8.46. The third-order valence-corrected chi connectivity index (χ3v) is 9.98. The molecule has 1 amide bonds. The first-order chi connectivity index (χ1) is 17.5. The van der Waals surface area contributed by atoms with Gasteiger partial charge in [0.2, 0.25) is 5.95 Å². The summed E-state index contributed by atoms with van der Waals surface area (Å²) in [5.41, 5.74) is 2.83. The molecule has 0 aliphatic carbocycles. The van der Waals surface area contributed by atoms with Crippen LogP contribution in [0, 0.1) is 6.92 Å². The number of carbonyl (C=O) groups excluding carboxylic acids is 1. The summed E-state index contributed by atoms with van der Waals surface area (Å²) < 4.78 is 16.5. The van der Waals surface area contributed by atoms with Gasteiger partial charge in [0.25, 0.3) is 5.91 Å². The van der Waals surface area contributed by atoms with E-state index in [1.807, 2.05) is 102 Å². The predicted octanol–water partition coefficient (Wildman–Crippen LogP) is 4.35. The standard InChI is InChI=1S/C26H34IN7O2S/c1-18-17-29-25(31-20-10-8-19(9-11-20)24(35)34-14-12-28-13-15-34)32-23(18)30-21-6-5-7-22(16-21)37(27,36)33-26(2,3)4/h5-11,16-17,28,37H,12-15H2,1-4H3,(H,33,36)(H2,29,30,31,32). The Hall–Kier alpha value is -2.61. The summed E-state index contributed by atoms with van der Waals surface area (Å²) in [5.74, 6) is 1.12. The predicted molar refractivity (Wildman–Crippen MR) is 160 cm³/mol. The fraction of sp³-hybridized carbons (Fsp3) is 0.346. The van der Waals surface area contributed by atoms with Crippen LogP contribution in [0.5, 0.6) is 0 Å². The number of hydrogen-bond acceptors (Lipinski definition) is 7. The van der Waals surface area contributed by atoms with Crippen molar-refractivity contribution in [3.05, 3.63) is 65.9 Å². The number of carbonyl (C=O) groups is 1. The summed E-state index contributed by atoms with van der Waals surface area (Å²) >= 11 is 2.01. The summed E-state index contributed by atoms with van der Waals surface area (Å²) in [5, 5.41) is 9.81. The number of anilines is 4. The first-order valence-electron chi connectivity index (χ1n) is 12.2. The van der Waals surface area contributed by atoms with E-state index in [1.54, 1.807) is 6.20 Å². The van der Waals surface area contributed by atoms with E-state index in [0.29, 0.717) is 17.3 Å². The van der Waals surface area contributed by atoms with Gasteiger partial charge in [0.05, 0.1) is 0 Å². The average molecular weight is 636 g/mol. The van der Waals surface area contributed by atoms with Crippen molar-refractivity contribution in [3.63, 3.8) is 0 Å². The zero-order valence-electron chi connectivity index (χ0n) is 21.5. The molecule has 198 valence electrons. The topological polar surface area (TPSA) is 111 Å². The van der Waals surface area contributed by atoms with Gasteiger partial charge in [-0.3, -0.25) is 9.00 Å². The summed E-state index contributed by atoms with van der Waals surface area (Å²) in [7, 11) is -2.78. The second-order valence-electron chi connectivity index (χ2n) is 10.0. The van der Waals surface area contributed by atoms with E-state index in [9.17, 15) is 9.00 Å². The Labute approximate surface area is 231 Å². The Morgan fingerprint density at radius 1 is 1.05 bits per heavy atom. The van der Waals surface area contributed by atoms with Crippen LogP contribution >= 0.6 is 21.2 Å². The molecule has 9 nitrogen and oxygen atoms in total. The molecule has 1 saturated heterocycles. The number of nitrogens with zero attached hydrogens (tertiary/aromatic N) is 3. The molecule has 11 heteroatoms. The van der Waals surface area contributed by atoms with Gasteiger partial charge in [-0.15, -0.1) is 0 Å². The van der Waals surface area contributed by atoms with Crippen LogP contribution in [0.1, 0.15) is 36.7 Å². The molecule has 1 fully saturated rings. The third-order valence-electron chi connectivity index (χ3n) is 5.68. The summed E-state index contributed by atoms with van der Waals surface area (Å²) in [6.45, 7) is 11.0. The van der Waals surface area contributed by atoms with Crippen LogP contribution in [-0.2, 0) is 7.29 Å². The third kappa shape index (κ3) is 7.46. The lowest BCUT2D eigenvalue weighted by molar-refractivity contribution is 0.0736. The smallest absolute Gasteiger partial charge is 0.253 e. The molecule has 0 spiro atoms. The number of benzene rings is 2. The van der Waals surface area contributed by atoms with Crippen LogP contribution in [-0.4, -0.2) is 56.7 Å². The van der Waals surface area contributed by atoms with Crippen molar-refractivity contribution in [2.24, 2.45) is 0 Å². The highest BCUT2D eigenvalue weighted by Crippen LogP contribution is 2.30. The van der Waals surface area contributed by atoms with E-state index in [-0.39, 0.29) is 11.4 Å². The van der Waals surface area contributed by atoms with Gasteiger partial charge in [-0.1, -0.05) is 6.07 Å². The molecule has 1 aliphatic heterocycles. The second-order valence-corrected chi connectivity index (χ2v) is 15.9. The van der Waals surface area contributed by atoms with Crippen molar-refractivity contribution in [1.82, 2.24) is 24.9 Å². The van der Waals surface area contributed by atoms with Gasteiger partial charge < -0.3 is 20.9 Å². The van der Waals surface area contributed by atoms with Crippen molar-refractivity contribution in [2.45, 2.75) is 38.1 Å². The number of aryl methyl sites for hydroxylation is 1. The molecule has 2 heterocycles. The van der Waals surface area contributed by atoms with E-state index in [4.69, 9.17) is 0 Å². The van der Waals surface area contributed by atoms with Crippen molar-refractivity contribution >= 4 is 57.5 Å². The summed E-state index contributed by atoms with van der Waals surface area (Å²) in [6.07, 6.45) is 1.74. The maximum Gasteiger partial charge on any atom is 0.253 e. The van der Waals surface area contributed by atoms with Gasteiger partial charge in [-0.05, 0) is 70.2 Å². The van der Waals surface area contributed by atoms with Gasteiger partial charge in [-0.2, -0.15) is 4.98 Å². The number of hydrogen-bond donors (Lipinski definition) is 5. The first-order valence-corrected chi connectivity index (χ1v) is 16.7. The second kappa shape index (κ2) is 11.4. The molecule has 37 heavy (non-hydrogen) atoms. The fourth-order valence-corrected chi connectivity index (χ4v) is 8.55. The zero-order valence-corrected chi connectivity index (χ0v) is 24.6.